The van der Waals surface area contributed by atoms with E-state index in [2.05, 4.69) is 24.3 Å². The van der Waals surface area contributed by atoms with E-state index in [-0.39, 0.29) is 0 Å². The maximum atomic E-state index is 3.43. The number of hydrogen-bond donors (Lipinski definition) is 1. The van der Waals surface area contributed by atoms with Gasteiger partial charge in [-0.05, 0) is 58.7 Å². The molecule has 2 aliphatic rings. The number of rotatable bonds is 1. The van der Waals surface area contributed by atoms with Crippen LogP contribution in [0.3, 0.4) is 0 Å². The monoisotopic (exact) mass is 182 g/mol. The van der Waals surface area contributed by atoms with Crippen LogP contribution in [0.2, 0.25) is 0 Å². The third kappa shape index (κ3) is 1.89. The van der Waals surface area contributed by atoms with E-state index in [1.165, 1.54) is 38.6 Å². The molecule has 1 aliphatic heterocycles. The summed E-state index contributed by atoms with van der Waals surface area (Å²) in [6.45, 7) is 1.32. The van der Waals surface area contributed by atoms with E-state index in [1.54, 1.807) is 0 Å². The van der Waals surface area contributed by atoms with Crippen molar-refractivity contribution in [2.45, 2.75) is 44.2 Å². The molecule has 2 nitrogen and oxygen atoms in total. The zero-order valence-corrected chi connectivity index (χ0v) is 8.92. The molecule has 0 aromatic heterocycles. The quantitative estimate of drug-likeness (QED) is 0.660. The normalized spacial score (nSPS) is 41.5. The lowest BCUT2D eigenvalue weighted by Gasteiger charge is -2.44. The Morgan fingerprint density at radius 1 is 1.23 bits per heavy atom. The molecule has 1 heterocycles. The van der Waals surface area contributed by atoms with Gasteiger partial charge >= 0.3 is 0 Å². The van der Waals surface area contributed by atoms with E-state index in [9.17, 15) is 0 Å². The molecule has 2 fully saturated rings. The standard InChI is InChI=1S/C11H22N2/c1-12-10-6-5-9-4-3-7-13(2)11(9)8-10/h9-12H,3-8H2,1-2H3. The number of piperidine rings is 1. The van der Waals surface area contributed by atoms with E-state index in [1.807, 2.05) is 0 Å². The Kier molecular flexibility index (Phi) is 2.89. The molecular formula is C11H22N2. The summed E-state index contributed by atoms with van der Waals surface area (Å²) in [5.41, 5.74) is 0. The Balaban J connectivity index is 1.97. The molecule has 0 amide bonds. The summed E-state index contributed by atoms with van der Waals surface area (Å²) in [5, 5.41) is 3.43. The predicted octanol–water partition coefficient (Wildman–Crippen LogP) is 1.47. The molecule has 0 aromatic rings. The van der Waals surface area contributed by atoms with Gasteiger partial charge in [-0.15, -0.1) is 0 Å². The van der Waals surface area contributed by atoms with Crippen molar-refractivity contribution >= 4 is 0 Å². The fourth-order valence-electron chi connectivity index (χ4n) is 3.12. The van der Waals surface area contributed by atoms with E-state index >= 15 is 0 Å². The Labute approximate surface area is 81.7 Å². The van der Waals surface area contributed by atoms with E-state index < -0.39 is 0 Å². The molecular weight excluding hydrogens is 160 g/mol. The molecule has 3 atom stereocenters. The van der Waals surface area contributed by atoms with Crippen LogP contribution in [0.15, 0.2) is 0 Å². The summed E-state index contributed by atoms with van der Waals surface area (Å²) >= 11 is 0. The Morgan fingerprint density at radius 2 is 2.08 bits per heavy atom. The average Bonchev–Trinajstić information content (AvgIpc) is 2.18. The molecule has 1 saturated carbocycles. The molecule has 76 valence electrons. The van der Waals surface area contributed by atoms with Crippen molar-refractivity contribution in [3.05, 3.63) is 0 Å². The van der Waals surface area contributed by atoms with Gasteiger partial charge in [0.15, 0.2) is 0 Å². The van der Waals surface area contributed by atoms with Gasteiger partial charge in [-0.25, -0.2) is 0 Å². The summed E-state index contributed by atoms with van der Waals surface area (Å²) < 4.78 is 0. The van der Waals surface area contributed by atoms with Gasteiger partial charge in [-0.1, -0.05) is 0 Å². The first-order valence-corrected chi connectivity index (χ1v) is 5.68. The van der Waals surface area contributed by atoms with Crippen LogP contribution in [-0.4, -0.2) is 37.6 Å². The average molecular weight is 182 g/mol. The minimum atomic E-state index is 0.779. The number of hydrogen-bond acceptors (Lipinski definition) is 2. The predicted molar refractivity (Wildman–Crippen MR) is 55.8 cm³/mol. The first kappa shape index (κ1) is 9.47. The highest BCUT2D eigenvalue weighted by molar-refractivity contribution is 4.90. The van der Waals surface area contributed by atoms with Gasteiger partial charge in [0.1, 0.15) is 0 Å². The zero-order valence-electron chi connectivity index (χ0n) is 8.92. The van der Waals surface area contributed by atoms with Gasteiger partial charge in [0.25, 0.3) is 0 Å². The van der Waals surface area contributed by atoms with Crippen LogP contribution in [-0.2, 0) is 0 Å². The van der Waals surface area contributed by atoms with Crippen molar-refractivity contribution in [3.63, 3.8) is 0 Å². The molecule has 2 rings (SSSR count). The maximum Gasteiger partial charge on any atom is 0.0135 e. The zero-order chi connectivity index (χ0) is 9.26. The highest BCUT2D eigenvalue weighted by Crippen LogP contribution is 2.34. The SMILES string of the molecule is CNC1CCC2CCCN(C)C2C1. The second-order valence-corrected chi connectivity index (χ2v) is 4.75. The van der Waals surface area contributed by atoms with Crippen molar-refractivity contribution in [1.29, 1.82) is 0 Å². The van der Waals surface area contributed by atoms with Crippen LogP contribution >= 0.6 is 0 Å². The maximum absolute atomic E-state index is 3.43. The van der Waals surface area contributed by atoms with Crippen LogP contribution < -0.4 is 5.32 Å². The van der Waals surface area contributed by atoms with Crippen LogP contribution in [0.25, 0.3) is 0 Å². The molecule has 2 heteroatoms. The smallest absolute Gasteiger partial charge is 0.0135 e. The molecule has 0 bridgehead atoms. The Hall–Kier alpha value is -0.0800. The number of nitrogens with one attached hydrogen (secondary N) is 1. The highest BCUT2D eigenvalue weighted by Gasteiger charge is 2.34. The molecule has 1 saturated heterocycles. The third-order valence-electron chi connectivity index (χ3n) is 4.02. The fourth-order valence-corrected chi connectivity index (χ4v) is 3.12. The molecule has 13 heavy (non-hydrogen) atoms. The summed E-state index contributed by atoms with van der Waals surface area (Å²) in [5.74, 6) is 1.00. The lowest BCUT2D eigenvalue weighted by atomic mass is 9.76. The second-order valence-electron chi connectivity index (χ2n) is 4.75. The van der Waals surface area contributed by atoms with E-state index in [4.69, 9.17) is 0 Å². The molecule has 0 spiro atoms. The summed E-state index contributed by atoms with van der Waals surface area (Å²) in [6.07, 6.45) is 7.11. The van der Waals surface area contributed by atoms with Crippen molar-refractivity contribution in [2.24, 2.45) is 5.92 Å². The van der Waals surface area contributed by atoms with Gasteiger partial charge in [0.05, 0.1) is 0 Å². The second kappa shape index (κ2) is 3.97. The largest absolute Gasteiger partial charge is 0.317 e. The molecule has 0 aromatic carbocycles. The van der Waals surface area contributed by atoms with Gasteiger partial charge < -0.3 is 10.2 Å². The number of nitrogens with zero attached hydrogens (tertiary/aromatic N) is 1. The highest BCUT2D eigenvalue weighted by atomic mass is 15.1. The summed E-state index contributed by atoms with van der Waals surface area (Å²) in [4.78, 5) is 2.58. The molecule has 1 aliphatic carbocycles. The molecule has 0 radical (unpaired) electrons. The third-order valence-corrected chi connectivity index (χ3v) is 4.02. The van der Waals surface area contributed by atoms with Crippen molar-refractivity contribution in [3.8, 4) is 0 Å². The fraction of sp³-hybridized carbons (Fsp3) is 1.00. The molecule has 1 N–H and O–H groups in total. The van der Waals surface area contributed by atoms with Gasteiger partial charge in [-0.2, -0.15) is 0 Å². The topological polar surface area (TPSA) is 15.3 Å². The lowest BCUT2D eigenvalue weighted by Crippen LogP contribution is -2.49. The minimum absolute atomic E-state index is 0.779. The van der Waals surface area contributed by atoms with Crippen LogP contribution in [0.1, 0.15) is 32.1 Å². The van der Waals surface area contributed by atoms with Crippen molar-refractivity contribution < 1.29 is 0 Å². The van der Waals surface area contributed by atoms with Crippen LogP contribution in [0, 0.1) is 5.92 Å². The summed E-state index contributed by atoms with van der Waals surface area (Å²) in [6, 6.07) is 1.65. The van der Waals surface area contributed by atoms with E-state index in [0.29, 0.717) is 0 Å². The van der Waals surface area contributed by atoms with Crippen molar-refractivity contribution in [2.75, 3.05) is 20.6 Å². The van der Waals surface area contributed by atoms with Crippen LogP contribution in [0.5, 0.6) is 0 Å². The van der Waals surface area contributed by atoms with Gasteiger partial charge in [-0.3, -0.25) is 0 Å². The van der Waals surface area contributed by atoms with E-state index in [0.717, 1.165) is 18.0 Å². The first-order valence-electron chi connectivity index (χ1n) is 5.68. The Bertz CT molecular complexity index is 169. The number of fused-ring (bicyclic) bond motifs is 1. The Morgan fingerprint density at radius 3 is 2.85 bits per heavy atom. The first-order chi connectivity index (χ1) is 6.31. The summed E-state index contributed by atoms with van der Waals surface area (Å²) in [7, 11) is 4.41. The van der Waals surface area contributed by atoms with Gasteiger partial charge in [0.2, 0.25) is 0 Å². The van der Waals surface area contributed by atoms with Crippen LogP contribution in [0.4, 0.5) is 0 Å². The minimum Gasteiger partial charge on any atom is -0.317 e. The molecule has 3 unspecified atom stereocenters. The lowest BCUT2D eigenvalue weighted by molar-refractivity contribution is 0.0709. The number of likely N-dealkylation sites (tertiary alicyclic amines) is 1. The van der Waals surface area contributed by atoms with Crippen molar-refractivity contribution in [1.82, 2.24) is 10.2 Å². The van der Waals surface area contributed by atoms with Gasteiger partial charge in [0, 0.05) is 12.1 Å².